The molecule has 4 heterocycles. The van der Waals surface area contributed by atoms with Crippen LogP contribution in [0.3, 0.4) is 0 Å². The highest BCUT2D eigenvalue weighted by molar-refractivity contribution is 7.26. The zero-order valence-electron chi connectivity index (χ0n) is 45.9. The normalized spacial score (nSPS) is 12.4. The highest BCUT2D eigenvalue weighted by Gasteiger charge is 2.46. The van der Waals surface area contributed by atoms with Crippen LogP contribution < -0.4 is 26.2 Å². The molecule has 0 saturated carbocycles. The minimum absolute atomic E-state index is 0.320. The minimum atomic E-state index is -0.320. The van der Waals surface area contributed by atoms with Crippen LogP contribution in [-0.4, -0.2) is 6.71 Å². The van der Waals surface area contributed by atoms with Crippen molar-refractivity contribution in [2.45, 2.75) is 0 Å². The summed E-state index contributed by atoms with van der Waals surface area (Å²) >= 11 is 1.86. The highest BCUT2D eigenvalue weighted by Crippen LogP contribution is 2.54. The van der Waals surface area contributed by atoms with Crippen molar-refractivity contribution in [3.05, 3.63) is 297 Å². The number of benzene rings is 13. The van der Waals surface area contributed by atoms with E-state index in [1.54, 1.807) is 0 Å². The Bertz CT molecular complexity index is 4790. The molecule has 2 aliphatic heterocycles. The van der Waals surface area contributed by atoms with Gasteiger partial charge in [-0.15, -0.1) is 11.3 Å². The van der Waals surface area contributed by atoms with Crippen molar-refractivity contribution < 1.29 is 4.42 Å². The van der Waals surface area contributed by atoms with E-state index in [-0.39, 0.29) is 6.71 Å². The summed E-state index contributed by atoms with van der Waals surface area (Å²) in [5.74, 6) is 0. The number of nitriles is 1. The Balaban J connectivity index is 1.03. The number of fused-ring (bicyclic) bond motifs is 10. The summed E-state index contributed by atoms with van der Waals surface area (Å²) in [5, 5.41) is 16.3. The van der Waals surface area contributed by atoms with Crippen LogP contribution in [0.15, 0.2) is 296 Å². The van der Waals surface area contributed by atoms with Crippen molar-refractivity contribution in [2.75, 3.05) is 9.80 Å². The molecule has 85 heavy (non-hydrogen) atoms. The molecule has 17 rings (SSSR count). The Morgan fingerprint density at radius 2 is 0.765 bits per heavy atom. The van der Waals surface area contributed by atoms with Gasteiger partial charge >= 0.3 is 0 Å². The second-order valence-electron chi connectivity index (χ2n) is 22.1. The summed E-state index contributed by atoms with van der Waals surface area (Å²) in [5.41, 5.74) is 24.8. The SMILES string of the molecule is N#Cc1cc2c3c(c1)N(c1c(-c4ccccc4)cccc1-c1ccccc1)c1ccc(-c4cccc5c4sc4ccccc45)cc1B3c1cc(-c3cccc4c3oc3ccccc34)ccc1N2c1c(-c2ccccc2)cccc1-c1ccccc1. The van der Waals surface area contributed by atoms with Crippen molar-refractivity contribution in [3.8, 4) is 72.8 Å². The van der Waals surface area contributed by atoms with Crippen LogP contribution >= 0.6 is 11.3 Å². The van der Waals surface area contributed by atoms with Crippen LogP contribution in [0.4, 0.5) is 34.1 Å². The summed E-state index contributed by atoms with van der Waals surface area (Å²) in [6.07, 6.45) is 0. The fraction of sp³-hybridized carbons (Fsp3) is 0. The van der Waals surface area contributed by atoms with Gasteiger partial charge in [-0.3, -0.25) is 0 Å². The first-order valence-electron chi connectivity index (χ1n) is 28.9. The summed E-state index contributed by atoms with van der Waals surface area (Å²) in [6.45, 7) is -0.320. The molecular formula is C79H48BN3OS. The van der Waals surface area contributed by atoms with Gasteiger partial charge in [0.1, 0.15) is 11.2 Å². The number of rotatable bonds is 8. The maximum Gasteiger partial charge on any atom is 0.252 e. The van der Waals surface area contributed by atoms with Crippen molar-refractivity contribution in [3.63, 3.8) is 0 Å². The van der Waals surface area contributed by atoms with Gasteiger partial charge in [0.15, 0.2) is 0 Å². The average Bonchev–Trinajstić information content (AvgIpc) is 1.40. The van der Waals surface area contributed by atoms with Gasteiger partial charge in [-0.2, -0.15) is 5.26 Å². The molecule has 0 aliphatic carbocycles. The van der Waals surface area contributed by atoms with Crippen LogP contribution in [-0.2, 0) is 0 Å². The molecule has 0 saturated heterocycles. The molecule has 0 N–H and O–H groups in total. The number of hydrogen-bond acceptors (Lipinski definition) is 5. The monoisotopic (exact) mass is 1100 g/mol. The van der Waals surface area contributed by atoms with Crippen LogP contribution in [0.1, 0.15) is 5.56 Å². The number of anilines is 6. The van der Waals surface area contributed by atoms with Gasteiger partial charge in [0, 0.05) is 81.5 Å². The quantitative estimate of drug-likeness (QED) is 0.142. The van der Waals surface area contributed by atoms with Crippen LogP contribution in [0.25, 0.3) is 109 Å². The van der Waals surface area contributed by atoms with Crippen molar-refractivity contribution in [1.29, 1.82) is 5.26 Å². The van der Waals surface area contributed by atoms with Crippen molar-refractivity contribution in [1.82, 2.24) is 0 Å². The van der Waals surface area contributed by atoms with E-state index in [4.69, 9.17) is 4.42 Å². The minimum Gasteiger partial charge on any atom is -0.455 e. The summed E-state index contributed by atoms with van der Waals surface area (Å²) in [4.78, 5) is 5.00. The van der Waals surface area contributed by atoms with Crippen LogP contribution in [0, 0.1) is 11.3 Å². The first-order valence-corrected chi connectivity index (χ1v) is 29.7. The molecule has 0 unspecified atom stereocenters. The molecular weight excluding hydrogens is 1050 g/mol. The molecule has 13 aromatic carbocycles. The fourth-order valence-electron chi connectivity index (χ4n) is 13.8. The lowest BCUT2D eigenvalue weighted by Crippen LogP contribution is -2.61. The van der Waals surface area contributed by atoms with E-state index in [9.17, 15) is 5.26 Å². The first-order chi connectivity index (χ1) is 42.1. The topological polar surface area (TPSA) is 43.4 Å². The van der Waals surface area contributed by atoms with E-state index in [0.29, 0.717) is 5.56 Å². The number of nitrogens with zero attached hydrogens (tertiary/aromatic N) is 3. The van der Waals surface area contributed by atoms with Gasteiger partial charge in [0.05, 0.1) is 23.0 Å². The highest BCUT2D eigenvalue weighted by atomic mass is 32.1. The Morgan fingerprint density at radius 1 is 0.341 bits per heavy atom. The smallest absolute Gasteiger partial charge is 0.252 e. The zero-order chi connectivity index (χ0) is 56.1. The van der Waals surface area contributed by atoms with E-state index >= 15 is 0 Å². The molecule has 0 spiro atoms. The second-order valence-corrected chi connectivity index (χ2v) is 23.2. The lowest BCUT2D eigenvalue weighted by Gasteiger charge is -2.46. The predicted octanol–water partition coefficient (Wildman–Crippen LogP) is 19.9. The fourth-order valence-corrected chi connectivity index (χ4v) is 15.0. The third-order valence-electron chi connectivity index (χ3n) is 17.5. The van der Waals surface area contributed by atoms with E-state index in [1.807, 2.05) is 17.4 Å². The predicted molar refractivity (Wildman–Crippen MR) is 358 cm³/mol. The van der Waals surface area contributed by atoms with Gasteiger partial charge < -0.3 is 14.2 Å². The molecule has 2 aliphatic rings. The number of furan rings is 1. The van der Waals surface area contributed by atoms with E-state index in [2.05, 4.69) is 301 Å². The molecule has 4 nitrogen and oxygen atoms in total. The molecule has 15 aromatic rings. The van der Waals surface area contributed by atoms with Gasteiger partial charge in [-0.25, -0.2) is 0 Å². The number of para-hydroxylation sites is 4. The van der Waals surface area contributed by atoms with E-state index in [1.165, 1.54) is 25.7 Å². The Kier molecular flexibility index (Phi) is 11.2. The Labute approximate surface area is 496 Å². The van der Waals surface area contributed by atoms with Crippen LogP contribution in [0.2, 0.25) is 0 Å². The second kappa shape index (κ2) is 19.6. The van der Waals surface area contributed by atoms with E-state index in [0.717, 1.165) is 134 Å². The molecule has 2 aromatic heterocycles. The van der Waals surface area contributed by atoms with Crippen molar-refractivity contribution in [2.24, 2.45) is 0 Å². The lowest BCUT2D eigenvalue weighted by atomic mass is 9.33. The van der Waals surface area contributed by atoms with E-state index < -0.39 is 0 Å². The third kappa shape index (κ3) is 7.68. The Morgan fingerprint density at radius 3 is 1.29 bits per heavy atom. The van der Waals surface area contributed by atoms with Gasteiger partial charge in [0.2, 0.25) is 0 Å². The van der Waals surface area contributed by atoms with Crippen molar-refractivity contribution >= 4 is 111 Å². The number of thiophene rings is 1. The summed E-state index contributed by atoms with van der Waals surface area (Å²) in [7, 11) is 0. The summed E-state index contributed by atoms with van der Waals surface area (Å²) in [6, 6.07) is 108. The largest absolute Gasteiger partial charge is 0.455 e. The van der Waals surface area contributed by atoms with Gasteiger partial charge in [-0.1, -0.05) is 255 Å². The Hall–Kier alpha value is -11.0. The standard InChI is InChI=1S/C79H48BN3OS/c81-49-50-45-71-75-72(46-50)83(77-59(53-25-9-3-10-26-53)33-18-34-60(77)54-27-11-4-12-28-54)70-44-42-56(62-36-20-38-66-64-30-14-16-40-74(64)85-79(62)66)48-68(70)80(75)67-47-55(61-35-19-37-65-63-29-13-15-39-73(63)84-78(61)65)41-43-69(67)82(71)76-57(51-21-5-1-6-22-51)31-17-32-58(76)52-23-7-2-8-24-52/h1-48H. The average molecular weight is 1100 g/mol. The molecule has 0 radical (unpaired) electrons. The molecule has 394 valence electrons. The molecule has 0 amide bonds. The molecule has 6 heteroatoms. The summed E-state index contributed by atoms with van der Waals surface area (Å²) < 4.78 is 9.39. The molecule has 0 atom stereocenters. The van der Waals surface area contributed by atoms with Gasteiger partial charge in [-0.05, 0) is 91.7 Å². The zero-order valence-corrected chi connectivity index (χ0v) is 46.8. The number of hydrogen-bond donors (Lipinski definition) is 0. The van der Waals surface area contributed by atoms with Gasteiger partial charge in [0.25, 0.3) is 6.71 Å². The lowest BCUT2D eigenvalue weighted by molar-refractivity contribution is 0.670. The first kappa shape index (κ1) is 48.7. The maximum absolute atomic E-state index is 11.6. The third-order valence-corrected chi connectivity index (χ3v) is 18.7. The molecule has 0 fully saturated rings. The molecule has 0 bridgehead atoms. The van der Waals surface area contributed by atoms with Crippen LogP contribution in [0.5, 0.6) is 0 Å². The maximum atomic E-state index is 11.6.